The zero-order valence-corrected chi connectivity index (χ0v) is 10.2. The number of rotatable bonds is 7. The molecule has 1 aromatic rings. The standard InChI is InChI=1S/C14H21NO/c1-4-5-10-16-14-8-6-13(7-9-14)11-15-12(2)3/h4,6-9,12,15H,1,5,10-11H2,2-3H3. The van der Waals surface area contributed by atoms with Crippen LogP contribution < -0.4 is 10.1 Å². The third-order valence-electron chi connectivity index (χ3n) is 2.23. The van der Waals surface area contributed by atoms with Crippen molar-refractivity contribution in [1.82, 2.24) is 5.32 Å². The van der Waals surface area contributed by atoms with Crippen LogP contribution in [0.15, 0.2) is 36.9 Å². The average molecular weight is 219 g/mol. The van der Waals surface area contributed by atoms with Crippen molar-refractivity contribution in [2.75, 3.05) is 6.61 Å². The molecule has 0 unspecified atom stereocenters. The number of benzene rings is 1. The molecule has 2 nitrogen and oxygen atoms in total. The molecule has 0 bridgehead atoms. The van der Waals surface area contributed by atoms with E-state index in [0.29, 0.717) is 12.6 Å². The van der Waals surface area contributed by atoms with Gasteiger partial charge in [0.1, 0.15) is 5.75 Å². The third-order valence-corrected chi connectivity index (χ3v) is 2.23. The van der Waals surface area contributed by atoms with Crippen LogP contribution in [0.4, 0.5) is 0 Å². The number of hydrogen-bond acceptors (Lipinski definition) is 2. The minimum Gasteiger partial charge on any atom is -0.493 e. The molecule has 0 aliphatic carbocycles. The van der Waals surface area contributed by atoms with Crippen LogP contribution in [0, 0.1) is 0 Å². The van der Waals surface area contributed by atoms with Gasteiger partial charge in [0.15, 0.2) is 0 Å². The quantitative estimate of drug-likeness (QED) is 0.562. The van der Waals surface area contributed by atoms with Crippen LogP contribution in [0.5, 0.6) is 5.75 Å². The molecule has 0 radical (unpaired) electrons. The summed E-state index contributed by atoms with van der Waals surface area (Å²) in [6.07, 6.45) is 2.75. The second kappa shape index (κ2) is 7.07. The highest BCUT2D eigenvalue weighted by Gasteiger charge is 1.96. The molecule has 0 atom stereocenters. The Kier molecular flexibility index (Phi) is 5.65. The molecule has 2 heteroatoms. The van der Waals surface area contributed by atoms with E-state index >= 15 is 0 Å². The van der Waals surface area contributed by atoms with Gasteiger partial charge in [0.25, 0.3) is 0 Å². The highest BCUT2D eigenvalue weighted by atomic mass is 16.5. The smallest absolute Gasteiger partial charge is 0.119 e. The lowest BCUT2D eigenvalue weighted by Crippen LogP contribution is -2.21. The summed E-state index contributed by atoms with van der Waals surface area (Å²) in [4.78, 5) is 0. The fourth-order valence-electron chi connectivity index (χ4n) is 1.29. The first-order chi connectivity index (χ1) is 7.72. The molecular formula is C14H21NO. The van der Waals surface area contributed by atoms with E-state index in [1.807, 2.05) is 18.2 Å². The SMILES string of the molecule is C=CCCOc1ccc(CNC(C)C)cc1. The predicted molar refractivity (Wildman–Crippen MR) is 68.7 cm³/mol. The predicted octanol–water partition coefficient (Wildman–Crippen LogP) is 3.14. The van der Waals surface area contributed by atoms with Crippen molar-refractivity contribution in [3.63, 3.8) is 0 Å². The second-order valence-electron chi connectivity index (χ2n) is 4.11. The normalized spacial score (nSPS) is 10.4. The highest BCUT2D eigenvalue weighted by molar-refractivity contribution is 5.27. The first kappa shape index (κ1) is 12.8. The van der Waals surface area contributed by atoms with Crippen LogP contribution in [0.1, 0.15) is 25.8 Å². The molecule has 0 aliphatic rings. The van der Waals surface area contributed by atoms with Crippen LogP contribution in [-0.2, 0) is 6.54 Å². The molecule has 1 N–H and O–H groups in total. The number of ether oxygens (including phenoxy) is 1. The largest absolute Gasteiger partial charge is 0.493 e. The van der Waals surface area contributed by atoms with Gasteiger partial charge in [-0.2, -0.15) is 0 Å². The Bertz CT molecular complexity index is 303. The molecule has 0 spiro atoms. The lowest BCUT2D eigenvalue weighted by Gasteiger charge is -2.09. The lowest BCUT2D eigenvalue weighted by atomic mass is 10.2. The molecule has 1 rings (SSSR count). The fourth-order valence-corrected chi connectivity index (χ4v) is 1.29. The Hall–Kier alpha value is -1.28. The molecule has 0 amide bonds. The van der Waals surface area contributed by atoms with Gasteiger partial charge in [0, 0.05) is 12.6 Å². The highest BCUT2D eigenvalue weighted by Crippen LogP contribution is 2.12. The summed E-state index contributed by atoms with van der Waals surface area (Å²) in [5.74, 6) is 0.926. The van der Waals surface area contributed by atoms with E-state index in [1.54, 1.807) is 0 Å². The zero-order valence-electron chi connectivity index (χ0n) is 10.2. The van der Waals surface area contributed by atoms with Crippen LogP contribution in [0.2, 0.25) is 0 Å². The van der Waals surface area contributed by atoms with Gasteiger partial charge in [0.2, 0.25) is 0 Å². The molecule has 88 valence electrons. The molecule has 1 aromatic carbocycles. The van der Waals surface area contributed by atoms with E-state index in [4.69, 9.17) is 4.74 Å². The Balaban J connectivity index is 2.38. The maximum Gasteiger partial charge on any atom is 0.119 e. The van der Waals surface area contributed by atoms with Crippen molar-refractivity contribution in [2.45, 2.75) is 32.9 Å². The van der Waals surface area contributed by atoms with E-state index < -0.39 is 0 Å². The molecule has 0 aromatic heterocycles. The van der Waals surface area contributed by atoms with Crippen LogP contribution >= 0.6 is 0 Å². The number of hydrogen-bond donors (Lipinski definition) is 1. The van der Waals surface area contributed by atoms with E-state index in [-0.39, 0.29) is 0 Å². The van der Waals surface area contributed by atoms with Gasteiger partial charge >= 0.3 is 0 Å². The zero-order chi connectivity index (χ0) is 11.8. The Morgan fingerprint density at radius 2 is 2.00 bits per heavy atom. The minimum atomic E-state index is 0.517. The van der Waals surface area contributed by atoms with Crippen LogP contribution in [-0.4, -0.2) is 12.6 Å². The molecule has 0 fully saturated rings. The maximum absolute atomic E-state index is 5.54. The summed E-state index contributed by atoms with van der Waals surface area (Å²) in [7, 11) is 0. The summed E-state index contributed by atoms with van der Waals surface area (Å²) in [6, 6.07) is 8.74. The van der Waals surface area contributed by atoms with E-state index in [0.717, 1.165) is 18.7 Å². The summed E-state index contributed by atoms with van der Waals surface area (Å²) in [5, 5.41) is 3.38. The molecule has 16 heavy (non-hydrogen) atoms. The van der Waals surface area contributed by atoms with Gasteiger partial charge in [-0.1, -0.05) is 32.1 Å². The average Bonchev–Trinajstić information content (AvgIpc) is 2.28. The van der Waals surface area contributed by atoms with E-state index in [2.05, 4.69) is 37.9 Å². The molecule has 0 aliphatic heterocycles. The lowest BCUT2D eigenvalue weighted by molar-refractivity contribution is 0.325. The van der Waals surface area contributed by atoms with Crippen LogP contribution in [0.3, 0.4) is 0 Å². The Morgan fingerprint density at radius 3 is 2.56 bits per heavy atom. The Labute approximate surface area is 98.3 Å². The summed E-state index contributed by atoms with van der Waals surface area (Å²) < 4.78 is 5.54. The van der Waals surface area contributed by atoms with Crippen molar-refractivity contribution in [2.24, 2.45) is 0 Å². The van der Waals surface area contributed by atoms with Crippen molar-refractivity contribution in [3.05, 3.63) is 42.5 Å². The summed E-state index contributed by atoms with van der Waals surface area (Å²) in [6.45, 7) is 9.56. The molecular weight excluding hydrogens is 198 g/mol. The summed E-state index contributed by atoms with van der Waals surface area (Å²) >= 11 is 0. The fraction of sp³-hybridized carbons (Fsp3) is 0.429. The van der Waals surface area contributed by atoms with Gasteiger partial charge in [-0.25, -0.2) is 0 Å². The van der Waals surface area contributed by atoms with Crippen molar-refractivity contribution in [3.8, 4) is 5.75 Å². The summed E-state index contributed by atoms with van der Waals surface area (Å²) in [5.41, 5.74) is 1.28. The van der Waals surface area contributed by atoms with Gasteiger partial charge in [-0.15, -0.1) is 6.58 Å². The first-order valence-electron chi connectivity index (χ1n) is 5.78. The van der Waals surface area contributed by atoms with E-state index in [9.17, 15) is 0 Å². The molecule has 0 saturated carbocycles. The monoisotopic (exact) mass is 219 g/mol. The van der Waals surface area contributed by atoms with E-state index in [1.165, 1.54) is 5.56 Å². The minimum absolute atomic E-state index is 0.517. The maximum atomic E-state index is 5.54. The first-order valence-corrected chi connectivity index (χ1v) is 5.78. The van der Waals surface area contributed by atoms with Crippen molar-refractivity contribution >= 4 is 0 Å². The number of nitrogens with one attached hydrogen (secondary N) is 1. The Morgan fingerprint density at radius 1 is 1.31 bits per heavy atom. The van der Waals surface area contributed by atoms with Crippen LogP contribution in [0.25, 0.3) is 0 Å². The second-order valence-corrected chi connectivity index (χ2v) is 4.11. The van der Waals surface area contributed by atoms with Gasteiger partial charge < -0.3 is 10.1 Å². The van der Waals surface area contributed by atoms with Crippen molar-refractivity contribution in [1.29, 1.82) is 0 Å². The molecule has 0 saturated heterocycles. The molecule has 0 heterocycles. The topological polar surface area (TPSA) is 21.3 Å². The third kappa shape index (κ3) is 4.99. The van der Waals surface area contributed by atoms with Gasteiger partial charge in [-0.05, 0) is 24.1 Å². The van der Waals surface area contributed by atoms with Gasteiger partial charge in [0.05, 0.1) is 6.61 Å². The van der Waals surface area contributed by atoms with Gasteiger partial charge in [-0.3, -0.25) is 0 Å². The van der Waals surface area contributed by atoms with Crippen molar-refractivity contribution < 1.29 is 4.74 Å².